The Hall–Kier alpha value is -1.05. The first kappa shape index (κ1) is 16.0. The minimum atomic E-state index is -5.77. The highest BCUT2D eigenvalue weighted by Gasteiger charge is 2.62. The van der Waals surface area contributed by atoms with E-state index in [2.05, 4.69) is 0 Å². The molecule has 0 aliphatic heterocycles. The fourth-order valence-electron chi connectivity index (χ4n) is 1.45. The van der Waals surface area contributed by atoms with Gasteiger partial charge in [-0.25, -0.2) is 4.79 Å². The van der Waals surface area contributed by atoms with Gasteiger partial charge in [-0.15, -0.1) is 0 Å². The average Bonchev–Trinajstić information content (AvgIpc) is 2.24. The molecule has 0 atom stereocenters. The van der Waals surface area contributed by atoms with Crippen LogP contribution in [0.25, 0.3) is 0 Å². The monoisotopic (exact) mass is 312 g/mol. The van der Waals surface area contributed by atoms with E-state index in [1.165, 1.54) is 6.07 Å². The van der Waals surface area contributed by atoms with Gasteiger partial charge in [-0.2, -0.15) is 0 Å². The maximum atomic E-state index is 11.2. The number of benzene rings is 1. The molecule has 1 aromatic rings. The molecule has 0 amide bonds. The largest absolute Gasteiger partial charge is 0.478 e. The number of hydrogen-bond acceptors (Lipinski definition) is 4. The lowest BCUT2D eigenvalue weighted by Crippen LogP contribution is -2.28. The maximum Gasteiger partial charge on any atom is 0.374 e. The minimum absolute atomic E-state index is 0.724. The van der Waals surface area contributed by atoms with E-state index in [4.69, 9.17) is 24.7 Å². The molecule has 106 valence electrons. The van der Waals surface area contributed by atoms with Crippen molar-refractivity contribution in [2.45, 2.75) is 5.08 Å². The molecule has 19 heavy (non-hydrogen) atoms. The van der Waals surface area contributed by atoms with E-state index in [-0.39, 0.29) is 0 Å². The molecule has 0 aromatic heterocycles. The van der Waals surface area contributed by atoms with Gasteiger partial charge in [0.25, 0.3) is 5.08 Å². The van der Waals surface area contributed by atoms with Crippen LogP contribution in [0.1, 0.15) is 15.9 Å². The summed E-state index contributed by atoms with van der Waals surface area (Å²) in [6.45, 7) is 0. The van der Waals surface area contributed by atoms with E-state index in [0.29, 0.717) is 0 Å². The standard InChI is InChI=1S/C8H10O9P2/c9-7(10)5-3-1-2-4-6(5)8(11,18(12,13)14)19(15,16)17/h1-4,11H,(H,9,10)(H2,12,13,14)(H2,15,16,17). The average molecular weight is 312 g/mol. The number of carboxylic acid groups (broad SMARTS) is 1. The van der Waals surface area contributed by atoms with Crippen molar-refractivity contribution in [2.24, 2.45) is 0 Å². The van der Waals surface area contributed by atoms with E-state index in [1.807, 2.05) is 0 Å². The highest BCUT2D eigenvalue weighted by Crippen LogP contribution is 2.73. The predicted octanol–water partition coefficient (Wildman–Crippen LogP) is -0.157. The van der Waals surface area contributed by atoms with Crippen molar-refractivity contribution in [3.8, 4) is 0 Å². The van der Waals surface area contributed by atoms with Crippen molar-refractivity contribution in [1.29, 1.82) is 0 Å². The molecular formula is C8H10O9P2. The van der Waals surface area contributed by atoms with Crippen LogP contribution in [0.4, 0.5) is 0 Å². The Balaban J connectivity index is 3.77. The van der Waals surface area contributed by atoms with Gasteiger partial charge < -0.3 is 29.8 Å². The van der Waals surface area contributed by atoms with E-state index < -0.39 is 37.4 Å². The Bertz CT molecular complexity index is 576. The normalized spacial score (nSPS) is 13.3. The summed E-state index contributed by atoms with van der Waals surface area (Å²) >= 11 is 0. The summed E-state index contributed by atoms with van der Waals surface area (Å²) in [5.74, 6) is -1.70. The Morgan fingerprint density at radius 3 is 1.79 bits per heavy atom. The highest BCUT2D eigenvalue weighted by molar-refractivity contribution is 7.71. The van der Waals surface area contributed by atoms with Crippen LogP contribution in [0, 0.1) is 0 Å². The minimum Gasteiger partial charge on any atom is -0.478 e. The zero-order chi connectivity index (χ0) is 15.1. The lowest BCUT2D eigenvalue weighted by Gasteiger charge is -2.30. The molecule has 11 heteroatoms. The second kappa shape index (κ2) is 4.81. The predicted molar refractivity (Wildman–Crippen MR) is 61.4 cm³/mol. The van der Waals surface area contributed by atoms with Gasteiger partial charge in [0.05, 0.1) is 5.56 Å². The van der Waals surface area contributed by atoms with E-state index in [1.54, 1.807) is 0 Å². The Morgan fingerprint density at radius 1 is 1.00 bits per heavy atom. The van der Waals surface area contributed by atoms with Gasteiger partial charge in [-0.3, -0.25) is 9.13 Å². The summed E-state index contributed by atoms with van der Waals surface area (Å²) in [6, 6.07) is 3.83. The molecule has 0 saturated carbocycles. The highest BCUT2D eigenvalue weighted by atomic mass is 31.2. The second-order valence-corrected chi connectivity index (χ2v) is 7.40. The van der Waals surface area contributed by atoms with Crippen LogP contribution in [-0.4, -0.2) is 35.8 Å². The molecule has 0 spiro atoms. The van der Waals surface area contributed by atoms with Gasteiger partial charge in [-0.1, -0.05) is 18.2 Å². The van der Waals surface area contributed by atoms with E-state index >= 15 is 0 Å². The molecule has 9 nitrogen and oxygen atoms in total. The number of hydrogen-bond donors (Lipinski definition) is 6. The van der Waals surface area contributed by atoms with Gasteiger partial charge >= 0.3 is 21.2 Å². The number of carboxylic acids is 1. The molecule has 0 fully saturated rings. The van der Waals surface area contributed by atoms with Crippen LogP contribution in [0.15, 0.2) is 24.3 Å². The molecule has 0 unspecified atom stereocenters. The molecule has 1 rings (SSSR count). The first-order valence-electron chi connectivity index (χ1n) is 4.59. The SMILES string of the molecule is O=C(O)c1ccccc1C(O)(P(=O)(O)O)P(=O)(O)O. The van der Waals surface area contributed by atoms with Gasteiger partial charge in [-0.05, 0) is 6.07 Å². The second-order valence-electron chi connectivity index (χ2n) is 3.57. The Kier molecular flexibility index (Phi) is 4.05. The molecule has 0 aliphatic rings. The van der Waals surface area contributed by atoms with Crippen LogP contribution in [0.2, 0.25) is 0 Å². The Morgan fingerprint density at radius 2 is 1.42 bits per heavy atom. The number of aromatic carboxylic acids is 1. The molecule has 1 aromatic carbocycles. The van der Waals surface area contributed by atoms with Crippen LogP contribution in [0.5, 0.6) is 0 Å². The molecule has 0 heterocycles. The van der Waals surface area contributed by atoms with Crippen LogP contribution >= 0.6 is 15.2 Å². The molecule has 0 saturated heterocycles. The third-order valence-electron chi connectivity index (χ3n) is 2.33. The van der Waals surface area contributed by atoms with Crippen LogP contribution in [-0.2, 0) is 14.2 Å². The molecule has 6 N–H and O–H groups in total. The summed E-state index contributed by atoms with van der Waals surface area (Å²) in [5, 5.41) is 14.7. The number of rotatable bonds is 4. The first-order valence-corrected chi connectivity index (χ1v) is 7.82. The summed E-state index contributed by atoms with van der Waals surface area (Å²) in [7, 11) is -11.5. The fraction of sp³-hybridized carbons (Fsp3) is 0.125. The Labute approximate surface area is 106 Å². The van der Waals surface area contributed by atoms with Crippen molar-refractivity contribution in [1.82, 2.24) is 0 Å². The van der Waals surface area contributed by atoms with Gasteiger partial charge in [0.1, 0.15) is 0 Å². The van der Waals surface area contributed by atoms with Crippen molar-refractivity contribution in [3.05, 3.63) is 35.4 Å². The van der Waals surface area contributed by atoms with E-state index in [0.717, 1.165) is 18.2 Å². The smallest absolute Gasteiger partial charge is 0.374 e. The zero-order valence-electron chi connectivity index (χ0n) is 9.11. The van der Waals surface area contributed by atoms with Crippen molar-refractivity contribution >= 4 is 21.2 Å². The fourth-order valence-corrected chi connectivity index (χ4v) is 3.82. The third-order valence-corrected chi connectivity index (χ3v) is 6.00. The van der Waals surface area contributed by atoms with E-state index in [9.17, 15) is 19.0 Å². The van der Waals surface area contributed by atoms with Crippen molar-refractivity contribution in [3.63, 3.8) is 0 Å². The topological polar surface area (TPSA) is 173 Å². The first-order chi connectivity index (χ1) is 8.43. The van der Waals surface area contributed by atoms with Crippen LogP contribution in [0.3, 0.4) is 0 Å². The third kappa shape index (κ3) is 2.63. The molecular weight excluding hydrogens is 302 g/mol. The zero-order valence-corrected chi connectivity index (χ0v) is 10.9. The molecule has 0 bridgehead atoms. The van der Waals surface area contributed by atoms with Gasteiger partial charge in [0.15, 0.2) is 0 Å². The summed E-state index contributed by atoms with van der Waals surface area (Å²) in [5.41, 5.74) is -1.87. The number of aliphatic hydroxyl groups is 1. The lowest BCUT2D eigenvalue weighted by molar-refractivity contribution is 0.0687. The molecule has 0 radical (unpaired) electrons. The van der Waals surface area contributed by atoms with Crippen LogP contribution < -0.4 is 0 Å². The van der Waals surface area contributed by atoms with Gasteiger partial charge in [0.2, 0.25) is 0 Å². The maximum absolute atomic E-state index is 11.2. The lowest BCUT2D eigenvalue weighted by atomic mass is 10.1. The number of carbonyl (C=O) groups is 1. The summed E-state index contributed by atoms with van der Waals surface area (Å²) < 4.78 is 22.5. The van der Waals surface area contributed by atoms with Crippen molar-refractivity contribution in [2.75, 3.05) is 0 Å². The summed E-state index contributed by atoms with van der Waals surface area (Å²) in [6.07, 6.45) is 0. The van der Waals surface area contributed by atoms with Crippen molar-refractivity contribution < 1.29 is 43.7 Å². The quantitative estimate of drug-likeness (QED) is 0.413. The summed E-state index contributed by atoms with van der Waals surface area (Å²) in [4.78, 5) is 46.9. The molecule has 0 aliphatic carbocycles. The van der Waals surface area contributed by atoms with Gasteiger partial charge in [0, 0.05) is 5.56 Å².